The number of anilines is 1. The van der Waals surface area contributed by atoms with Gasteiger partial charge in [-0.15, -0.1) is 15.3 Å². The summed E-state index contributed by atoms with van der Waals surface area (Å²) in [6, 6.07) is 4.56. The van der Waals surface area contributed by atoms with Crippen molar-refractivity contribution < 1.29 is 4.74 Å². The summed E-state index contributed by atoms with van der Waals surface area (Å²) in [6.07, 6.45) is 0. The van der Waals surface area contributed by atoms with Gasteiger partial charge in [0.15, 0.2) is 11.5 Å². The van der Waals surface area contributed by atoms with Gasteiger partial charge >= 0.3 is 0 Å². The average molecular weight is 274 g/mol. The van der Waals surface area contributed by atoms with Crippen LogP contribution in [0.1, 0.15) is 5.82 Å². The first-order chi connectivity index (χ1) is 9.79. The third-order valence-electron chi connectivity index (χ3n) is 4.02. The van der Waals surface area contributed by atoms with Gasteiger partial charge in [-0.05, 0) is 19.1 Å². The molecule has 0 amide bonds. The molecule has 0 radical (unpaired) electrons. The van der Waals surface area contributed by atoms with Gasteiger partial charge in [0, 0.05) is 25.6 Å². The molecule has 2 aromatic heterocycles. The van der Waals surface area contributed by atoms with Gasteiger partial charge in [-0.2, -0.15) is 4.52 Å². The molecule has 0 atom stereocenters. The molecule has 0 aromatic carbocycles. The summed E-state index contributed by atoms with van der Waals surface area (Å²) in [5.74, 6) is 2.53. The predicted octanol–water partition coefficient (Wildman–Crippen LogP) is -0.143. The molecular formula is C13H18N6O. The molecule has 2 saturated heterocycles. The van der Waals surface area contributed by atoms with Crippen LogP contribution in [0.3, 0.4) is 0 Å². The number of nitrogens with zero attached hydrogens (tertiary/aromatic N) is 5. The first kappa shape index (κ1) is 12.0. The summed E-state index contributed by atoms with van der Waals surface area (Å²) in [5.41, 5.74) is 0.801. The molecule has 2 aliphatic rings. The van der Waals surface area contributed by atoms with Gasteiger partial charge in [0.25, 0.3) is 0 Å². The van der Waals surface area contributed by atoms with Crippen LogP contribution in [0, 0.1) is 12.8 Å². The van der Waals surface area contributed by atoms with E-state index in [4.69, 9.17) is 4.74 Å². The van der Waals surface area contributed by atoms with Gasteiger partial charge < -0.3 is 15.0 Å². The number of hydrogen-bond acceptors (Lipinski definition) is 6. The zero-order valence-corrected chi connectivity index (χ0v) is 11.5. The molecule has 2 aromatic rings. The van der Waals surface area contributed by atoms with Crippen LogP contribution in [-0.4, -0.2) is 58.7 Å². The Hall–Kier alpha value is -1.73. The molecule has 20 heavy (non-hydrogen) atoms. The van der Waals surface area contributed by atoms with E-state index in [0.717, 1.165) is 50.1 Å². The molecule has 1 N–H and O–H groups in total. The van der Waals surface area contributed by atoms with E-state index in [9.17, 15) is 0 Å². The van der Waals surface area contributed by atoms with E-state index in [1.165, 1.54) is 0 Å². The minimum atomic E-state index is 0.568. The van der Waals surface area contributed by atoms with Crippen molar-refractivity contribution in [3.05, 3.63) is 18.0 Å². The van der Waals surface area contributed by atoms with E-state index in [-0.39, 0.29) is 0 Å². The Bertz CT molecular complexity index is 616. The van der Waals surface area contributed by atoms with Crippen LogP contribution in [0.25, 0.3) is 5.65 Å². The average Bonchev–Trinajstić information content (AvgIpc) is 2.71. The van der Waals surface area contributed by atoms with Gasteiger partial charge in [0.2, 0.25) is 0 Å². The fraction of sp³-hybridized carbons (Fsp3) is 0.615. The van der Waals surface area contributed by atoms with Crippen LogP contribution in [0.2, 0.25) is 0 Å². The second kappa shape index (κ2) is 4.68. The molecule has 0 saturated carbocycles. The maximum absolute atomic E-state index is 5.16. The second-order valence-corrected chi connectivity index (χ2v) is 5.62. The van der Waals surface area contributed by atoms with E-state index in [2.05, 4.69) is 25.5 Å². The monoisotopic (exact) mass is 274 g/mol. The summed E-state index contributed by atoms with van der Waals surface area (Å²) in [6.45, 7) is 6.82. The lowest BCUT2D eigenvalue weighted by Gasteiger charge is -2.41. The number of rotatable bonds is 4. The third-order valence-corrected chi connectivity index (χ3v) is 4.02. The van der Waals surface area contributed by atoms with Crippen LogP contribution in [0.5, 0.6) is 0 Å². The maximum Gasteiger partial charge on any atom is 0.178 e. The Morgan fingerprint density at radius 3 is 2.90 bits per heavy atom. The lowest BCUT2D eigenvalue weighted by Crippen LogP contribution is -2.55. The van der Waals surface area contributed by atoms with Crippen LogP contribution in [0.4, 0.5) is 5.82 Å². The largest absolute Gasteiger partial charge is 0.378 e. The Morgan fingerprint density at radius 1 is 1.30 bits per heavy atom. The fourth-order valence-electron chi connectivity index (χ4n) is 2.63. The van der Waals surface area contributed by atoms with Crippen molar-refractivity contribution >= 4 is 11.5 Å². The SMILES string of the molecule is Cc1nnc2ccc(N3CC(CNC4COC4)C3)nn12. The normalized spacial score (nSPS) is 20.1. The van der Waals surface area contributed by atoms with Gasteiger partial charge in [0.1, 0.15) is 5.82 Å². The van der Waals surface area contributed by atoms with Gasteiger partial charge in [-0.1, -0.05) is 0 Å². The molecule has 2 fully saturated rings. The summed E-state index contributed by atoms with van der Waals surface area (Å²) in [5, 5.41) is 16.2. The number of aryl methyl sites for hydroxylation is 1. The molecule has 4 heterocycles. The highest BCUT2D eigenvalue weighted by Gasteiger charge is 2.29. The topological polar surface area (TPSA) is 67.6 Å². The molecule has 0 spiro atoms. The number of ether oxygens (including phenoxy) is 1. The van der Waals surface area contributed by atoms with E-state index >= 15 is 0 Å². The standard InChI is InChI=1S/C13H18N6O/c1-9-15-16-12-2-3-13(17-19(9)12)18-5-10(6-18)4-14-11-7-20-8-11/h2-3,10-11,14H,4-8H2,1H3. The number of nitrogens with one attached hydrogen (secondary N) is 1. The van der Waals surface area contributed by atoms with Crippen molar-refractivity contribution in [3.8, 4) is 0 Å². The molecule has 7 heteroatoms. The smallest absolute Gasteiger partial charge is 0.178 e. The van der Waals surface area contributed by atoms with Crippen LogP contribution >= 0.6 is 0 Å². The van der Waals surface area contributed by atoms with Crippen molar-refractivity contribution in [3.63, 3.8) is 0 Å². The Balaban J connectivity index is 1.37. The van der Waals surface area contributed by atoms with Gasteiger partial charge in [-0.25, -0.2) is 0 Å². The molecule has 7 nitrogen and oxygen atoms in total. The Kier molecular flexibility index (Phi) is 2.82. The highest BCUT2D eigenvalue weighted by atomic mass is 16.5. The first-order valence-electron chi connectivity index (χ1n) is 7.05. The summed E-state index contributed by atoms with van der Waals surface area (Å²) in [7, 11) is 0. The van der Waals surface area contributed by atoms with Crippen LogP contribution in [0.15, 0.2) is 12.1 Å². The number of aromatic nitrogens is 4. The lowest BCUT2D eigenvalue weighted by molar-refractivity contribution is -0.00690. The van der Waals surface area contributed by atoms with Crippen molar-refractivity contribution in [1.82, 2.24) is 25.1 Å². The van der Waals surface area contributed by atoms with E-state index in [0.29, 0.717) is 12.0 Å². The van der Waals surface area contributed by atoms with Crippen molar-refractivity contribution in [2.45, 2.75) is 13.0 Å². The zero-order chi connectivity index (χ0) is 13.5. The van der Waals surface area contributed by atoms with E-state index in [1.54, 1.807) is 4.52 Å². The Morgan fingerprint density at radius 2 is 2.15 bits per heavy atom. The van der Waals surface area contributed by atoms with E-state index < -0.39 is 0 Å². The minimum absolute atomic E-state index is 0.568. The summed E-state index contributed by atoms with van der Waals surface area (Å²) in [4.78, 5) is 2.29. The van der Waals surface area contributed by atoms with Crippen molar-refractivity contribution in [2.24, 2.45) is 5.92 Å². The minimum Gasteiger partial charge on any atom is -0.378 e. The third kappa shape index (κ3) is 2.03. The van der Waals surface area contributed by atoms with Gasteiger partial charge in [0.05, 0.1) is 19.3 Å². The first-order valence-corrected chi connectivity index (χ1v) is 7.05. The molecule has 106 valence electrons. The molecule has 4 rings (SSSR count). The van der Waals surface area contributed by atoms with E-state index in [1.807, 2.05) is 19.1 Å². The van der Waals surface area contributed by atoms with Crippen molar-refractivity contribution in [1.29, 1.82) is 0 Å². The molecule has 0 bridgehead atoms. The Labute approximate surface area is 116 Å². The zero-order valence-electron chi connectivity index (χ0n) is 11.5. The molecule has 0 aliphatic carbocycles. The fourth-order valence-corrected chi connectivity index (χ4v) is 2.63. The highest BCUT2D eigenvalue weighted by Crippen LogP contribution is 2.22. The quantitative estimate of drug-likeness (QED) is 0.837. The molecular weight excluding hydrogens is 256 g/mol. The molecule has 0 unspecified atom stereocenters. The van der Waals surface area contributed by atoms with Crippen LogP contribution in [-0.2, 0) is 4.74 Å². The second-order valence-electron chi connectivity index (χ2n) is 5.62. The predicted molar refractivity (Wildman–Crippen MR) is 73.8 cm³/mol. The molecule has 2 aliphatic heterocycles. The lowest BCUT2D eigenvalue weighted by atomic mass is 9.99. The number of fused-ring (bicyclic) bond motifs is 1. The maximum atomic E-state index is 5.16. The number of hydrogen-bond donors (Lipinski definition) is 1. The van der Waals surface area contributed by atoms with Crippen molar-refractivity contribution in [2.75, 3.05) is 37.7 Å². The van der Waals surface area contributed by atoms with Crippen LogP contribution < -0.4 is 10.2 Å². The highest BCUT2D eigenvalue weighted by molar-refractivity contribution is 5.47. The van der Waals surface area contributed by atoms with Gasteiger partial charge in [-0.3, -0.25) is 0 Å². The summed E-state index contributed by atoms with van der Waals surface area (Å²) < 4.78 is 6.95. The summed E-state index contributed by atoms with van der Waals surface area (Å²) >= 11 is 0.